The van der Waals surface area contributed by atoms with Gasteiger partial charge in [0.15, 0.2) is 0 Å². The van der Waals surface area contributed by atoms with Crippen LogP contribution in [-0.4, -0.2) is 0 Å². The van der Waals surface area contributed by atoms with Crippen molar-refractivity contribution in [2.75, 3.05) is 0 Å². The zero-order chi connectivity index (χ0) is 15.3. The van der Waals surface area contributed by atoms with E-state index in [1.807, 2.05) is 48.6 Å². The molecule has 0 aromatic heterocycles. The lowest BCUT2D eigenvalue weighted by Crippen LogP contribution is -2.05. The summed E-state index contributed by atoms with van der Waals surface area (Å²) in [5.74, 6) is 0. The van der Waals surface area contributed by atoms with E-state index in [0.717, 1.165) is 33.9 Å². The second-order valence-electron chi connectivity index (χ2n) is 5.38. The zero-order valence-electron chi connectivity index (χ0n) is 11.5. The maximum atomic E-state index is 12.9. The fourth-order valence-corrected chi connectivity index (χ4v) is 2.99. The number of benzene rings is 2. The van der Waals surface area contributed by atoms with Crippen LogP contribution in [0.5, 0.6) is 0 Å². The highest BCUT2D eigenvalue weighted by atomic mass is 19.4. The first-order chi connectivity index (χ1) is 10.5. The Balaban J connectivity index is 1.91. The number of rotatable bonds is 0. The molecule has 2 aliphatic carbocycles. The van der Waals surface area contributed by atoms with Gasteiger partial charge in [-0.05, 0) is 45.5 Å². The van der Waals surface area contributed by atoms with Gasteiger partial charge in [0.25, 0.3) is 0 Å². The van der Waals surface area contributed by atoms with Crippen LogP contribution in [0.4, 0.5) is 13.2 Å². The SMILES string of the molecule is FC(F)(F)c1ccc2c(c1)C(=C1C=Cc3ccccc31)C=C2. The van der Waals surface area contributed by atoms with E-state index in [1.54, 1.807) is 0 Å². The van der Waals surface area contributed by atoms with Crippen LogP contribution in [0.1, 0.15) is 27.8 Å². The predicted octanol–water partition coefficient (Wildman–Crippen LogP) is 5.67. The molecule has 4 rings (SSSR count). The molecule has 0 nitrogen and oxygen atoms in total. The van der Waals surface area contributed by atoms with Gasteiger partial charge in [0, 0.05) is 0 Å². The van der Waals surface area contributed by atoms with Gasteiger partial charge >= 0.3 is 6.18 Å². The van der Waals surface area contributed by atoms with Crippen molar-refractivity contribution < 1.29 is 13.2 Å². The molecule has 2 aromatic rings. The van der Waals surface area contributed by atoms with E-state index in [2.05, 4.69) is 0 Å². The summed E-state index contributed by atoms with van der Waals surface area (Å²) < 4.78 is 38.8. The molecule has 2 aliphatic rings. The third-order valence-corrected chi connectivity index (χ3v) is 4.07. The number of fused-ring (bicyclic) bond motifs is 2. The molecule has 0 saturated carbocycles. The van der Waals surface area contributed by atoms with Crippen molar-refractivity contribution in [3.8, 4) is 0 Å². The second-order valence-corrected chi connectivity index (χ2v) is 5.38. The molecular weight excluding hydrogens is 285 g/mol. The number of alkyl halides is 3. The molecule has 0 heterocycles. The van der Waals surface area contributed by atoms with Gasteiger partial charge in [-0.15, -0.1) is 0 Å². The molecule has 0 fully saturated rings. The summed E-state index contributed by atoms with van der Waals surface area (Å²) in [4.78, 5) is 0. The molecule has 0 aliphatic heterocycles. The summed E-state index contributed by atoms with van der Waals surface area (Å²) in [5, 5.41) is 0. The molecule has 0 spiro atoms. The monoisotopic (exact) mass is 296 g/mol. The first-order valence-electron chi connectivity index (χ1n) is 6.95. The van der Waals surface area contributed by atoms with Crippen molar-refractivity contribution in [3.63, 3.8) is 0 Å². The second kappa shape index (κ2) is 4.47. The molecule has 0 unspecified atom stereocenters. The Morgan fingerprint density at radius 1 is 0.636 bits per heavy atom. The van der Waals surface area contributed by atoms with E-state index in [0.29, 0.717) is 5.56 Å². The minimum Gasteiger partial charge on any atom is -0.166 e. The summed E-state index contributed by atoms with van der Waals surface area (Å²) >= 11 is 0. The van der Waals surface area contributed by atoms with E-state index in [9.17, 15) is 13.2 Å². The average molecular weight is 296 g/mol. The van der Waals surface area contributed by atoms with Crippen LogP contribution in [0.3, 0.4) is 0 Å². The normalized spacial score (nSPS) is 18.7. The van der Waals surface area contributed by atoms with Gasteiger partial charge in [-0.25, -0.2) is 0 Å². The molecule has 0 saturated heterocycles. The Labute approximate surface area is 125 Å². The van der Waals surface area contributed by atoms with Crippen LogP contribution in [0, 0.1) is 0 Å². The van der Waals surface area contributed by atoms with E-state index in [1.165, 1.54) is 12.1 Å². The van der Waals surface area contributed by atoms with E-state index < -0.39 is 11.7 Å². The lowest BCUT2D eigenvalue weighted by Gasteiger charge is -2.11. The topological polar surface area (TPSA) is 0 Å². The summed E-state index contributed by atoms with van der Waals surface area (Å²) in [6.07, 6.45) is 3.41. The standard InChI is InChI=1S/C19H11F3/c20-19(21,22)14-8-5-13-7-10-17(18(13)11-14)16-9-6-12-3-1-2-4-15(12)16/h1-11H. The molecular formula is C19H11F3. The predicted molar refractivity (Wildman–Crippen MR) is 82.8 cm³/mol. The van der Waals surface area contributed by atoms with Gasteiger partial charge in [-0.3, -0.25) is 0 Å². The summed E-state index contributed by atoms with van der Waals surface area (Å²) in [5.41, 5.74) is 4.85. The highest BCUT2D eigenvalue weighted by Crippen LogP contribution is 2.42. The average Bonchev–Trinajstić information content (AvgIpc) is 3.08. The lowest BCUT2D eigenvalue weighted by atomic mass is 9.95. The minimum absolute atomic E-state index is 0.608. The van der Waals surface area contributed by atoms with E-state index in [-0.39, 0.29) is 0 Å². The smallest absolute Gasteiger partial charge is 0.166 e. The Morgan fingerprint density at radius 2 is 1.27 bits per heavy atom. The maximum absolute atomic E-state index is 12.9. The fraction of sp³-hybridized carbons (Fsp3) is 0.0526. The fourth-order valence-electron chi connectivity index (χ4n) is 2.99. The van der Waals surface area contributed by atoms with Gasteiger partial charge in [0.05, 0.1) is 5.56 Å². The molecule has 0 amide bonds. The molecule has 0 radical (unpaired) electrons. The highest BCUT2D eigenvalue weighted by Gasteiger charge is 2.32. The van der Waals surface area contributed by atoms with Gasteiger partial charge < -0.3 is 0 Å². The maximum Gasteiger partial charge on any atom is 0.416 e. The molecule has 108 valence electrons. The van der Waals surface area contributed by atoms with Gasteiger partial charge in [-0.1, -0.05) is 54.6 Å². The lowest BCUT2D eigenvalue weighted by molar-refractivity contribution is -0.137. The molecule has 2 aromatic carbocycles. The molecule has 0 bridgehead atoms. The number of hydrogen-bond donors (Lipinski definition) is 0. The first-order valence-corrected chi connectivity index (χ1v) is 6.95. The van der Waals surface area contributed by atoms with Crippen molar-refractivity contribution >= 4 is 23.3 Å². The molecule has 3 heteroatoms. The number of allylic oxidation sites excluding steroid dienone is 4. The van der Waals surface area contributed by atoms with Gasteiger partial charge in [-0.2, -0.15) is 13.2 Å². The zero-order valence-corrected chi connectivity index (χ0v) is 11.5. The van der Waals surface area contributed by atoms with Crippen LogP contribution in [0.15, 0.2) is 54.6 Å². The summed E-state index contributed by atoms with van der Waals surface area (Å²) in [6, 6.07) is 11.8. The van der Waals surface area contributed by atoms with Crippen LogP contribution in [-0.2, 0) is 6.18 Å². The van der Waals surface area contributed by atoms with E-state index >= 15 is 0 Å². The van der Waals surface area contributed by atoms with Crippen molar-refractivity contribution in [1.29, 1.82) is 0 Å². The number of halogens is 3. The summed E-state index contributed by atoms with van der Waals surface area (Å²) in [7, 11) is 0. The quantitative estimate of drug-likeness (QED) is 0.587. The van der Waals surface area contributed by atoms with E-state index in [4.69, 9.17) is 0 Å². The number of hydrogen-bond acceptors (Lipinski definition) is 0. The van der Waals surface area contributed by atoms with Crippen LogP contribution >= 0.6 is 0 Å². The van der Waals surface area contributed by atoms with Crippen LogP contribution < -0.4 is 0 Å². The third kappa shape index (κ3) is 1.93. The molecule has 0 atom stereocenters. The van der Waals surface area contributed by atoms with Crippen molar-refractivity contribution in [2.24, 2.45) is 0 Å². The Morgan fingerprint density at radius 3 is 2.00 bits per heavy atom. The van der Waals surface area contributed by atoms with Gasteiger partial charge in [0.1, 0.15) is 0 Å². The Kier molecular flexibility index (Phi) is 2.67. The Bertz CT molecular complexity index is 864. The van der Waals surface area contributed by atoms with Crippen molar-refractivity contribution in [2.45, 2.75) is 6.18 Å². The minimum atomic E-state index is -4.32. The van der Waals surface area contributed by atoms with Crippen LogP contribution in [0.25, 0.3) is 23.3 Å². The largest absolute Gasteiger partial charge is 0.416 e. The van der Waals surface area contributed by atoms with Gasteiger partial charge in [0.2, 0.25) is 0 Å². The molecule has 22 heavy (non-hydrogen) atoms. The van der Waals surface area contributed by atoms with Crippen molar-refractivity contribution in [1.82, 2.24) is 0 Å². The summed E-state index contributed by atoms with van der Waals surface area (Å²) in [6.45, 7) is 0. The highest BCUT2D eigenvalue weighted by molar-refractivity contribution is 6.10. The first kappa shape index (κ1) is 13.1. The third-order valence-electron chi connectivity index (χ3n) is 4.07. The Hall–Kier alpha value is -2.55. The van der Waals surface area contributed by atoms with Crippen LogP contribution in [0.2, 0.25) is 0 Å². The molecule has 0 N–H and O–H groups in total. The van der Waals surface area contributed by atoms with Crippen molar-refractivity contribution in [3.05, 3.63) is 82.4 Å².